The number of anilines is 1. The van der Waals surface area contributed by atoms with Gasteiger partial charge in [0.25, 0.3) is 5.91 Å². The van der Waals surface area contributed by atoms with Gasteiger partial charge in [-0.2, -0.15) is 0 Å². The van der Waals surface area contributed by atoms with Gasteiger partial charge in [-0.3, -0.25) is 4.79 Å². The SMILES string of the molecule is Nc1ccccc1C(=O)N(Cc1ccc2ccccc2c1)C(C=O)Cc1ccccc1. The number of carbonyl (C=O) groups is 2. The van der Waals surface area contributed by atoms with E-state index in [1.807, 2.05) is 60.7 Å². The number of carbonyl (C=O) groups excluding carboxylic acids is 2. The number of para-hydroxylation sites is 1. The molecule has 1 unspecified atom stereocenters. The lowest BCUT2D eigenvalue weighted by atomic mass is 10.0. The van der Waals surface area contributed by atoms with Gasteiger partial charge in [0.2, 0.25) is 0 Å². The molecule has 0 fully saturated rings. The first-order valence-electron chi connectivity index (χ1n) is 10.3. The van der Waals surface area contributed by atoms with Crippen LogP contribution in [0.4, 0.5) is 5.69 Å². The van der Waals surface area contributed by atoms with E-state index in [0.717, 1.165) is 28.2 Å². The Morgan fingerprint density at radius 3 is 2.23 bits per heavy atom. The number of hydrogen-bond donors (Lipinski definition) is 1. The number of hydrogen-bond acceptors (Lipinski definition) is 3. The fourth-order valence-corrected chi connectivity index (χ4v) is 3.81. The molecule has 4 rings (SSSR count). The number of amides is 1. The Morgan fingerprint density at radius 2 is 1.48 bits per heavy atom. The van der Waals surface area contributed by atoms with Crippen molar-refractivity contribution in [3.63, 3.8) is 0 Å². The maximum atomic E-state index is 13.5. The Bertz CT molecular complexity index is 1200. The Morgan fingerprint density at radius 1 is 0.806 bits per heavy atom. The second-order valence-electron chi connectivity index (χ2n) is 7.59. The summed E-state index contributed by atoms with van der Waals surface area (Å²) in [7, 11) is 0. The molecule has 0 heterocycles. The molecule has 0 bridgehead atoms. The van der Waals surface area contributed by atoms with Crippen LogP contribution in [-0.2, 0) is 17.8 Å². The van der Waals surface area contributed by atoms with Crippen LogP contribution in [0.3, 0.4) is 0 Å². The van der Waals surface area contributed by atoms with E-state index in [4.69, 9.17) is 5.73 Å². The summed E-state index contributed by atoms with van der Waals surface area (Å²) in [5, 5.41) is 2.23. The number of rotatable bonds is 7. The monoisotopic (exact) mass is 408 g/mol. The molecule has 0 saturated carbocycles. The minimum absolute atomic E-state index is 0.251. The van der Waals surface area contributed by atoms with Gasteiger partial charge < -0.3 is 15.4 Å². The van der Waals surface area contributed by atoms with Crippen molar-refractivity contribution in [3.8, 4) is 0 Å². The van der Waals surface area contributed by atoms with Crippen LogP contribution in [0.25, 0.3) is 10.8 Å². The van der Waals surface area contributed by atoms with Crippen LogP contribution in [0.2, 0.25) is 0 Å². The maximum absolute atomic E-state index is 13.5. The zero-order valence-electron chi connectivity index (χ0n) is 17.1. The van der Waals surface area contributed by atoms with Gasteiger partial charge in [0.1, 0.15) is 6.29 Å². The third-order valence-electron chi connectivity index (χ3n) is 5.46. The van der Waals surface area contributed by atoms with E-state index in [0.29, 0.717) is 24.2 Å². The predicted octanol–water partition coefficient (Wildman–Crippen LogP) is 4.87. The molecule has 4 aromatic rings. The first-order valence-corrected chi connectivity index (χ1v) is 10.3. The van der Waals surface area contributed by atoms with Crippen molar-refractivity contribution in [2.45, 2.75) is 19.0 Å². The summed E-state index contributed by atoms with van der Waals surface area (Å²) >= 11 is 0. The molecule has 1 atom stereocenters. The second-order valence-corrected chi connectivity index (χ2v) is 7.59. The first kappa shape index (κ1) is 20.4. The van der Waals surface area contributed by atoms with Gasteiger partial charge in [0, 0.05) is 12.2 Å². The molecule has 154 valence electrons. The fourth-order valence-electron chi connectivity index (χ4n) is 3.81. The van der Waals surface area contributed by atoms with Crippen LogP contribution in [0.1, 0.15) is 21.5 Å². The number of benzene rings is 4. The molecule has 4 heteroatoms. The first-order chi connectivity index (χ1) is 15.2. The molecular weight excluding hydrogens is 384 g/mol. The molecule has 4 nitrogen and oxygen atoms in total. The average molecular weight is 409 g/mol. The molecule has 0 aliphatic heterocycles. The van der Waals surface area contributed by atoms with Gasteiger partial charge in [-0.25, -0.2) is 0 Å². The standard InChI is InChI=1S/C27H24N2O2/c28-26-13-7-6-12-25(26)27(31)29(24(19-30)17-20-8-2-1-3-9-20)18-21-14-15-22-10-4-5-11-23(22)16-21/h1-16,19,24H,17-18,28H2. The van der Waals surface area contributed by atoms with Gasteiger partial charge in [0.05, 0.1) is 11.6 Å². The quantitative estimate of drug-likeness (QED) is 0.350. The maximum Gasteiger partial charge on any atom is 0.256 e. The lowest BCUT2D eigenvalue weighted by Gasteiger charge is -2.29. The van der Waals surface area contributed by atoms with Gasteiger partial charge in [-0.05, 0) is 46.5 Å². The minimum atomic E-state index is -0.610. The van der Waals surface area contributed by atoms with Gasteiger partial charge in [-0.15, -0.1) is 0 Å². The molecule has 4 aromatic carbocycles. The Kier molecular flexibility index (Phi) is 6.08. The highest BCUT2D eigenvalue weighted by molar-refractivity contribution is 6.00. The summed E-state index contributed by atoms with van der Waals surface area (Å²) in [6.07, 6.45) is 1.29. The fraction of sp³-hybridized carbons (Fsp3) is 0.111. The summed E-state index contributed by atoms with van der Waals surface area (Å²) in [5.41, 5.74) is 8.85. The molecule has 0 aromatic heterocycles. The molecule has 0 saturated heterocycles. The molecule has 31 heavy (non-hydrogen) atoms. The van der Waals surface area contributed by atoms with Crippen LogP contribution >= 0.6 is 0 Å². The highest BCUT2D eigenvalue weighted by Crippen LogP contribution is 2.22. The molecule has 0 radical (unpaired) electrons. The molecular formula is C27H24N2O2. The second kappa shape index (κ2) is 9.26. The summed E-state index contributed by atoms with van der Waals surface area (Å²) in [5.74, 6) is -0.251. The van der Waals surface area contributed by atoms with Crippen LogP contribution < -0.4 is 5.73 Å². The zero-order valence-corrected chi connectivity index (χ0v) is 17.1. The topological polar surface area (TPSA) is 63.4 Å². The third kappa shape index (κ3) is 4.64. The summed E-state index contributed by atoms with van der Waals surface area (Å²) in [4.78, 5) is 27.3. The predicted molar refractivity (Wildman–Crippen MR) is 125 cm³/mol. The van der Waals surface area contributed by atoms with Crippen LogP contribution in [-0.4, -0.2) is 23.1 Å². The van der Waals surface area contributed by atoms with Gasteiger partial charge in [0.15, 0.2) is 0 Å². The van der Waals surface area contributed by atoms with Gasteiger partial charge >= 0.3 is 0 Å². The van der Waals surface area contributed by atoms with Crippen molar-refractivity contribution in [1.29, 1.82) is 0 Å². The number of nitrogen functional groups attached to an aromatic ring is 1. The number of nitrogens with two attached hydrogens (primary N) is 1. The number of aldehydes is 1. The van der Waals surface area contributed by atoms with Crippen molar-refractivity contribution in [3.05, 3.63) is 114 Å². The van der Waals surface area contributed by atoms with E-state index in [-0.39, 0.29) is 5.91 Å². The Balaban J connectivity index is 1.70. The normalized spacial score (nSPS) is 11.7. The molecule has 2 N–H and O–H groups in total. The highest BCUT2D eigenvalue weighted by Gasteiger charge is 2.26. The van der Waals surface area contributed by atoms with E-state index >= 15 is 0 Å². The van der Waals surface area contributed by atoms with Crippen molar-refractivity contribution < 1.29 is 9.59 Å². The Hall–Kier alpha value is -3.92. The summed E-state index contributed by atoms with van der Waals surface area (Å²) < 4.78 is 0. The molecule has 1 amide bonds. The minimum Gasteiger partial charge on any atom is -0.398 e. The summed E-state index contributed by atoms with van der Waals surface area (Å²) in [6.45, 7) is 0.314. The largest absolute Gasteiger partial charge is 0.398 e. The van der Waals surface area contributed by atoms with Crippen LogP contribution in [0.15, 0.2) is 97.1 Å². The van der Waals surface area contributed by atoms with Crippen LogP contribution in [0, 0.1) is 0 Å². The lowest BCUT2D eigenvalue weighted by Crippen LogP contribution is -2.42. The van der Waals surface area contributed by atoms with E-state index < -0.39 is 6.04 Å². The zero-order chi connectivity index (χ0) is 21.6. The van der Waals surface area contributed by atoms with E-state index in [1.165, 1.54) is 0 Å². The average Bonchev–Trinajstić information content (AvgIpc) is 2.81. The third-order valence-corrected chi connectivity index (χ3v) is 5.46. The molecule has 0 aliphatic rings. The van der Waals surface area contributed by atoms with E-state index in [2.05, 4.69) is 12.1 Å². The van der Waals surface area contributed by atoms with Crippen LogP contribution in [0.5, 0.6) is 0 Å². The smallest absolute Gasteiger partial charge is 0.256 e. The van der Waals surface area contributed by atoms with Crippen molar-refractivity contribution >= 4 is 28.7 Å². The number of fused-ring (bicyclic) bond motifs is 1. The Labute approximate surface area is 181 Å². The van der Waals surface area contributed by atoms with E-state index in [9.17, 15) is 9.59 Å². The number of nitrogens with zero attached hydrogens (tertiary/aromatic N) is 1. The van der Waals surface area contributed by atoms with Crippen molar-refractivity contribution in [2.24, 2.45) is 0 Å². The van der Waals surface area contributed by atoms with Gasteiger partial charge in [-0.1, -0.05) is 78.9 Å². The van der Waals surface area contributed by atoms with Crippen molar-refractivity contribution in [1.82, 2.24) is 4.90 Å². The summed E-state index contributed by atoms with van der Waals surface area (Å²) in [6, 6.07) is 30.3. The van der Waals surface area contributed by atoms with E-state index in [1.54, 1.807) is 29.2 Å². The highest BCUT2D eigenvalue weighted by atomic mass is 16.2. The van der Waals surface area contributed by atoms with Crippen molar-refractivity contribution in [2.75, 3.05) is 5.73 Å². The lowest BCUT2D eigenvalue weighted by molar-refractivity contribution is -0.111. The molecule has 0 spiro atoms. The molecule has 0 aliphatic carbocycles.